The zero-order valence-corrected chi connectivity index (χ0v) is 7.92. The molecule has 1 N–H and O–H groups in total. The summed E-state index contributed by atoms with van der Waals surface area (Å²) < 4.78 is 26.0. The highest BCUT2D eigenvalue weighted by Gasteiger charge is 2.20. The van der Waals surface area contributed by atoms with Crippen LogP contribution in [0.1, 0.15) is 6.92 Å². The molecule has 0 saturated carbocycles. The van der Waals surface area contributed by atoms with Crippen LogP contribution in [0.2, 0.25) is 0 Å². The quantitative estimate of drug-likeness (QED) is 0.692. The Bertz CT molecular complexity index is 341. The Labute approximate surface area is 79.5 Å². The minimum absolute atomic E-state index is 0.308. The normalized spacial score (nSPS) is 20.7. The average molecular weight is 201 g/mol. The third kappa shape index (κ3) is 1.50. The lowest BCUT2D eigenvalue weighted by molar-refractivity contribution is 0.491. The lowest BCUT2D eigenvalue weighted by Crippen LogP contribution is -2.22. The second-order valence-electron chi connectivity index (χ2n) is 3.09. The van der Waals surface area contributed by atoms with E-state index in [1.165, 1.54) is 11.8 Å². The Morgan fingerprint density at radius 3 is 3.00 bits per heavy atom. The van der Waals surface area contributed by atoms with Crippen molar-refractivity contribution < 1.29 is 8.78 Å². The molecule has 0 spiro atoms. The van der Waals surface area contributed by atoms with E-state index >= 15 is 0 Å². The third-order valence-corrected chi connectivity index (χ3v) is 3.28. The first kappa shape index (κ1) is 8.81. The summed E-state index contributed by atoms with van der Waals surface area (Å²) >= 11 is 1.36. The van der Waals surface area contributed by atoms with Gasteiger partial charge in [0.05, 0.1) is 10.6 Å². The Kier molecular flexibility index (Phi) is 2.15. The van der Waals surface area contributed by atoms with Gasteiger partial charge in [-0.15, -0.1) is 11.8 Å². The monoisotopic (exact) mass is 201 g/mol. The average Bonchev–Trinajstić information content (AvgIpc) is 2.12. The molecule has 0 unspecified atom stereocenters. The molecule has 1 heterocycles. The number of anilines is 1. The number of hydrogen-bond donors (Lipinski definition) is 1. The first-order valence-corrected chi connectivity index (χ1v) is 5.04. The van der Waals surface area contributed by atoms with Gasteiger partial charge < -0.3 is 5.32 Å². The van der Waals surface area contributed by atoms with Crippen LogP contribution in [0.4, 0.5) is 14.5 Å². The molecule has 0 fully saturated rings. The van der Waals surface area contributed by atoms with Crippen molar-refractivity contribution in [3.05, 3.63) is 23.8 Å². The van der Waals surface area contributed by atoms with Gasteiger partial charge in [-0.3, -0.25) is 0 Å². The molecule has 4 heteroatoms. The van der Waals surface area contributed by atoms with Gasteiger partial charge in [0.2, 0.25) is 0 Å². The molecule has 0 radical (unpaired) electrons. The molecule has 2 rings (SSSR count). The summed E-state index contributed by atoms with van der Waals surface area (Å²) in [5.41, 5.74) is 0.697. The first-order valence-electron chi connectivity index (χ1n) is 4.06. The maximum absolute atomic E-state index is 13.2. The molecule has 0 saturated heterocycles. The molecular weight excluding hydrogens is 192 g/mol. The van der Waals surface area contributed by atoms with E-state index in [2.05, 4.69) is 5.32 Å². The minimum atomic E-state index is -0.775. The zero-order valence-electron chi connectivity index (χ0n) is 7.10. The molecular formula is C9H9F2NS. The van der Waals surface area contributed by atoms with Crippen molar-refractivity contribution in [3.63, 3.8) is 0 Å². The molecule has 1 atom stereocenters. The number of nitrogens with one attached hydrogen (secondary N) is 1. The van der Waals surface area contributed by atoms with Crippen molar-refractivity contribution in [2.24, 2.45) is 0 Å². The molecule has 0 aliphatic carbocycles. The SMILES string of the molecule is C[C@@H]1CSc2c(ccc(F)c2F)N1. The summed E-state index contributed by atoms with van der Waals surface area (Å²) in [6.45, 7) is 2.01. The van der Waals surface area contributed by atoms with Gasteiger partial charge in [-0.2, -0.15) is 0 Å². The topological polar surface area (TPSA) is 12.0 Å². The Hall–Kier alpha value is -0.770. The van der Waals surface area contributed by atoms with Gasteiger partial charge in [0.15, 0.2) is 11.6 Å². The van der Waals surface area contributed by atoms with Crippen LogP contribution >= 0.6 is 11.8 Å². The molecule has 1 aliphatic heterocycles. The fourth-order valence-corrected chi connectivity index (χ4v) is 2.31. The first-order chi connectivity index (χ1) is 6.18. The lowest BCUT2D eigenvalue weighted by Gasteiger charge is -2.23. The smallest absolute Gasteiger partial charge is 0.174 e. The highest BCUT2D eigenvalue weighted by atomic mass is 32.2. The Morgan fingerprint density at radius 2 is 2.23 bits per heavy atom. The van der Waals surface area contributed by atoms with Crippen LogP contribution in [0.25, 0.3) is 0 Å². The van der Waals surface area contributed by atoms with Gasteiger partial charge in [0.1, 0.15) is 0 Å². The van der Waals surface area contributed by atoms with Crippen molar-refractivity contribution in [2.75, 3.05) is 11.1 Å². The molecule has 13 heavy (non-hydrogen) atoms. The van der Waals surface area contributed by atoms with Crippen molar-refractivity contribution >= 4 is 17.4 Å². The third-order valence-electron chi connectivity index (χ3n) is 1.93. The van der Waals surface area contributed by atoms with Crippen LogP contribution in [-0.4, -0.2) is 11.8 Å². The second-order valence-corrected chi connectivity index (χ2v) is 4.12. The van der Waals surface area contributed by atoms with Gasteiger partial charge in [-0.05, 0) is 19.1 Å². The van der Waals surface area contributed by atoms with Crippen LogP contribution in [0, 0.1) is 11.6 Å². The number of thioether (sulfide) groups is 1. The van der Waals surface area contributed by atoms with Gasteiger partial charge >= 0.3 is 0 Å². The van der Waals surface area contributed by atoms with Gasteiger partial charge in [-0.25, -0.2) is 8.78 Å². The van der Waals surface area contributed by atoms with Crippen LogP contribution in [0.15, 0.2) is 17.0 Å². The summed E-state index contributed by atoms with van der Waals surface area (Å²) in [7, 11) is 0. The number of halogens is 2. The molecule has 1 aromatic rings. The van der Waals surface area contributed by atoms with Crippen LogP contribution < -0.4 is 5.32 Å². The van der Waals surface area contributed by atoms with Gasteiger partial charge in [-0.1, -0.05) is 0 Å². The lowest BCUT2D eigenvalue weighted by atomic mass is 10.2. The number of rotatable bonds is 0. The van der Waals surface area contributed by atoms with Gasteiger partial charge in [0, 0.05) is 11.8 Å². The van der Waals surface area contributed by atoms with Crippen molar-refractivity contribution in [2.45, 2.75) is 17.9 Å². The predicted octanol–water partition coefficient (Wildman–Crippen LogP) is 2.87. The minimum Gasteiger partial charge on any atom is -0.381 e. The Balaban J connectivity index is 2.47. The summed E-state index contributed by atoms with van der Waals surface area (Å²) in [6.07, 6.45) is 0. The highest BCUT2D eigenvalue weighted by Crippen LogP contribution is 2.35. The van der Waals surface area contributed by atoms with E-state index in [1.807, 2.05) is 6.92 Å². The zero-order chi connectivity index (χ0) is 9.42. The molecule has 1 aromatic carbocycles. The van der Waals surface area contributed by atoms with Crippen LogP contribution in [0.3, 0.4) is 0 Å². The molecule has 0 bridgehead atoms. The fraction of sp³-hybridized carbons (Fsp3) is 0.333. The summed E-state index contributed by atoms with van der Waals surface area (Å²) in [4.78, 5) is 0.401. The van der Waals surface area contributed by atoms with Crippen LogP contribution in [0.5, 0.6) is 0 Å². The van der Waals surface area contributed by atoms with E-state index < -0.39 is 11.6 Å². The molecule has 70 valence electrons. The maximum Gasteiger partial charge on any atom is 0.174 e. The molecule has 1 nitrogen and oxygen atoms in total. The van der Waals surface area contributed by atoms with E-state index in [9.17, 15) is 8.78 Å². The number of benzene rings is 1. The molecule has 1 aliphatic rings. The summed E-state index contributed by atoms with van der Waals surface area (Å²) in [6, 6.07) is 3.04. The van der Waals surface area contributed by atoms with Gasteiger partial charge in [0.25, 0.3) is 0 Å². The molecule has 0 aromatic heterocycles. The van der Waals surface area contributed by atoms with Crippen LogP contribution in [-0.2, 0) is 0 Å². The maximum atomic E-state index is 13.2. The van der Waals surface area contributed by atoms with E-state index in [4.69, 9.17) is 0 Å². The van der Waals surface area contributed by atoms with Crippen molar-refractivity contribution in [1.29, 1.82) is 0 Å². The van der Waals surface area contributed by atoms with E-state index in [0.29, 0.717) is 16.6 Å². The number of hydrogen-bond acceptors (Lipinski definition) is 2. The summed E-state index contributed by atoms with van der Waals surface area (Å²) in [5.74, 6) is -0.739. The fourth-order valence-electron chi connectivity index (χ4n) is 1.30. The number of fused-ring (bicyclic) bond motifs is 1. The van der Waals surface area contributed by atoms with E-state index in [1.54, 1.807) is 6.07 Å². The summed E-state index contributed by atoms with van der Waals surface area (Å²) in [5, 5.41) is 3.10. The second kappa shape index (κ2) is 3.18. The molecule has 0 amide bonds. The standard InChI is InChI=1S/C9H9F2NS/c1-5-4-13-9-7(12-5)3-2-6(10)8(9)11/h2-3,5,12H,4H2,1H3/t5-/m1/s1. The largest absolute Gasteiger partial charge is 0.381 e. The Morgan fingerprint density at radius 1 is 1.46 bits per heavy atom. The van der Waals surface area contributed by atoms with E-state index in [0.717, 1.165) is 11.8 Å². The highest BCUT2D eigenvalue weighted by molar-refractivity contribution is 7.99. The van der Waals surface area contributed by atoms with Crippen molar-refractivity contribution in [3.8, 4) is 0 Å². The van der Waals surface area contributed by atoms with Crippen molar-refractivity contribution in [1.82, 2.24) is 0 Å². The van der Waals surface area contributed by atoms with E-state index in [-0.39, 0.29) is 0 Å². The predicted molar refractivity (Wildman–Crippen MR) is 50.2 cm³/mol.